The predicted octanol–water partition coefficient (Wildman–Crippen LogP) is 0.899. The lowest BCUT2D eigenvalue weighted by molar-refractivity contribution is -0.133. The average molecular weight is 184 g/mol. The predicted molar refractivity (Wildman–Crippen MR) is 53.5 cm³/mol. The van der Waals surface area contributed by atoms with E-state index in [1.54, 1.807) is 0 Å². The summed E-state index contributed by atoms with van der Waals surface area (Å²) in [6, 6.07) is 0.747. The summed E-state index contributed by atoms with van der Waals surface area (Å²) < 4.78 is 0. The van der Waals surface area contributed by atoms with Gasteiger partial charge in [-0.3, -0.25) is 4.79 Å². The number of amides is 1. The molecule has 1 atom stereocenters. The fourth-order valence-corrected chi connectivity index (χ4v) is 1.77. The Hall–Kier alpha value is -0.570. The van der Waals surface area contributed by atoms with E-state index in [0.29, 0.717) is 12.1 Å². The first-order valence-electron chi connectivity index (χ1n) is 4.99. The van der Waals surface area contributed by atoms with Gasteiger partial charge in [0.05, 0.1) is 5.41 Å². The van der Waals surface area contributed by atoms with Crippen LogP contribution in [0.1, 0.15) is 34.1 Å². The van der Waals surface area contributed by atoms with Crippen LogP contribution in [0.5, 0.6) is 0 Å². The topological polar surface area (TPSA) is 41.1 Å². The van der Waals surface area contributed by atoms with Crippen LogP contribution in [0.4, 0.5) is 0 Å². The van der Waals surface area contributed by atoms with Gasteiger partial charge in [-0.1, -0.05) is 13.8 Å². The standard InChI is InChI=1S/C10H20N2O/c1-7(2)12-8-5-6-11-9(13)10(8,3)4/h7-8,12H,5-6H2,1-4H3,(H,11,13)/t8-/m0/s1. The van der Waals surface area contributed by atoms with Crippen molar-refractivity contribution >= 4 is 5.91 Å². The molecule has 0 aromatic rings. The van der Waals surface area contributed by atoms with E-state index in [9.17, 15) is 4.79 Å². The summed E-state index contributed by atoms with van der Waals surface area (Å²) in [5.41, 5.74) is -0.275. The van der Waals surface area contributed by atoms with E-state index < -0.39 is 0 Å². The third kappa shape index (κ3) is 2.21. The van der Waals surface area contributed by atoms with Crippen molar-refractivity contribution in [3.63, 3.8) is 0 Å². The first-order chi connectivity index (χ1) is 5.94. The van der Waals surface area contributed by atoms with Gasteiger partial charge in [0.2, 0.25) is 5.91 Å². The summed E-state index contributed by atoms with van der Waals surface area (Å²) in [5.74, 6) is 0.164. The molecule has 2 N–H and O–H groups in total. The zero-order chi connectivity index (χ0) is 10.1. The number of carbonyl (C=O) groups excluding carboxylic acids is 1. The van der Waals surface area contributed by atoms with E-state index in [2.05, 4.69) is 24.5 Å². The maximum Gasteiger partial charge on any atom is 0.227 e. The molecule has 0 aromatic heterocycles. The first-order valence-corrected chi connectivity index (χ1v) is 4.99. The van der Waals surface area contributed by atoms with Crippen molar-refractivity contribution in [2.45, 2.75) is 46.2 Å². The zero-order valence-corrected chi connectivity index (χ0v) is 8.98. The third-order valence-electron chi connectivity index (χ3n) is 2.71. The fraction of sp³-hybridized carbons (Fsp3) is 0.900. The summed E-state index contributed by atoms with van der Waals surface area (Å²) in [6.45, 7) is 9.03. The quantitative estimate of drug-likeness (QED) is 0.669. The summed E-state index contributed by atoms with van der Waals surface area (Å²) in [7, 11) is 0. The number of nitrogens with one attached hydrogen (secondary N) is 2. The Morgan fingerprint density at radius 2 is 2.15 bits per heavy atom. The van der Waals surface area contributed by atoms with Gasteiger partial charge in [-0.25, -0.2) is 0 Å². The maximum atomic E-state index is 11.6. The molecule has 76 valence electrons. The van der Waals surface area contributed by atoms with Gasteiger partial charge in [-0.05, 0) is 20.3 Å². The van der Waals surface area contributed by atoms with Gasteiger partial charge in [0.25, 0.3) is 0 Å². The van der Waals surface area contributed by atoms with Crippen LogP contribution < -0.4 is 10.6 Å². The summed E-state index contributed by atoms with van der Waals surface area (Å²) in [6.07, 6.45) is 1.02. The average Bonchev–Trinajstić information content (AvgIpc) is 1.99. The van der Waals surface area contributed by atoms with Crippen LogP contribution in [-0.4, -0.2) is 24.5 Å². The van der Waals surface area contributed by atoms with Crippen LogP contribution in [0, 0.1) is 5.41 Å². The Morgan fingerprint density at radius 1 is 1.54 bits per heavy atom. The van der Waals surface area contributed by atoms with Crippen molar-refractivity contribution in [3.8, 4) is 0 Å². The van der Waals surface area contributed by atoms with Crippen molar-refractivity contribution in [2.75, 3.05) is 6.54 Å². The smallest absolute Gasteiger partial charge is 0.227 e. The van der Waals surface area contributed by atoms with Crippen molar-refractivity contribution < 1.29 is 4.79 Å². The van der Waals surface area contributed by atoms with Crippen LogP contribution in [0.2, 0.25) is 0 Å². The van der Waals surface area contributed by atoms with Gasteiger partial charge in [0.1, 0.15) is 0 Å². The molecule has 1 amide bonds. The maximum absolute atomic E-state index is 11.6. The molecule has 13 heavy (non-hydrogen) atoms. The van der Waals surface area contributed by atoms with Crippen molar-refractivity contribution in [2.24, 2.45) is 5.41 Å². The Morgan fingerprint density at radius 3 is 2.69 bits per heavy atom. The van der Waals surface area contributed by atoms with E-state index in [1.807, 2.05) is 13.8 Å². The Bertz CT molecular complexity index is 199. The molecule has 0 radical (unpaired) electrons. The number of piperidine rings is 1. The second kappa shape index (κ2) is 3.66. The van der Waals surface area contributed by atoms with Crippen molar-refractivity contribution in [3.05, 3.63) is 0 Å². The minimum atomic E-state index is -0.275. The molecule has 0 unspecified atom stereocenters. The lowest BCUT2D eigenvalue weighted by Gasteiger charge is -2.39. The monoisotopic (exact) mass is 184 g/mol. The molecule has 1 saturated heterocycles. The van der Waals surface area contributed by atoms with Gasteiger partial charge in [0.15, 0.2) is 0 Å². The number of carbonyl (C=O) groups is 1. The molecule has 3 nitrogen and oxygen atoms in total. The highest BCUT2D eigenvalue weighted by molar-refractivity contribution is 5.83. The number of rotatable bonds is 2. The van der Waals surface area contributed by atoms with E-state index in [4.69, 9.17) is 0 Å². The van der Waals surface area contributed by atoms with Gasteiger partial charge in [-0.2, -0.15) is 0 Å². The summed E-state index contributed by atoms with van der Waals surface area (Å²) in [4.78, 5) is 11.6. The highest BCUT2D eigenvalue weighted by Crippen LogP contribution is 2.26. The minimum Gasteiger partial charge on any atom is -0.356 e. The number of hydrogen-bond acceptors (Lipinski definition) is 2. The molecule has 1 aliphatic rings. The Kier molecular flexibility index (Phi) is 2.96. The molecule has 0 bridgehead atoms. The van der Waals surface area contributed by atoms with Crippen LogP contribution in [-0.2, 0) is 4.79 Å². The van der Waals surface area contributed by atoms with Gasteiger partial charge >= 0.3 is 0 Å². The van der Waals surface area contributed by atoms with Crippen LogP contribution in [0.25, 0.3) is 0 Å². The molecule has 1 aliphatic heterocycles. The Balaban J connectivity index is 2.66. The lowest BCUT2D eigenvalue weighted by Crippen LogP contribution is -2.57. The van der Waals surface area contributed by atoms with Gasteiger partial charge in [0, 0.05) is 18.6 Å². The normalized spacial score (nSPS) is 27.5. The third-order valence-corrected chi connectivity index (χ3v) is 2.71. The Labute approximate surface area is 80.3 Å². The largest absolute Gasteiger partial charge is 0.356 e. The molecular formula is C10H20N2O. The van der Waals surface area contributed by atoms with E-state index in [0.717, 1.165) is 13.0 Å². The van der Waals surface area contributed by atoms with E-state index in [1.165, 1.54) is 0 Å². The molecule has 1 rings (SSSR count). The molecule has 1 heterocycles. The van der Waals surface area contributed by atoms with Crippen LogP contribution >= 0.6 is 0 Å². The van der Waals surface area contributed by atoms with E-state index >= 15 is 0 Å². The molecular weight excluding hydrogens is 164 g/mol. The van der Waals surface area contributed by atoms with Gasteiger partial charge < -0.3 is 10.6 Å². The van der Waals surface area contributed by atoms with E-state index in [-0.39, 0.29) is 11.3 Å². The highest BCUT2D eigenvalue weighted by Gasteiger charge is 2.39. The van der Waals surface area contributed by atoms with Gasteiger partial charge in [-0.15, -0.1) is 0 Å². The summed E-state index contributed by atoms with van der Waals surface area (Å²) in [5, 5.41) is 6.34. The second-order valence-electron chi connectivity index (χ2n) is 4.64. The summed E-state index contributed by atoms with van der Waals surface area (Å²) >= 11 is 0. The second-order valence-corrected chi connectivity index (χ2v) is 4.64. The highest BCUT2D eigenvalue weighted by atomic mass is 16.2. The SMILES string of the molecule is CC(C)N[C@H]1CCNC(=O)C1(C)C. The zero-order valence-electron chi connectivity index (χ0n) is 8.98. The van der Waals surface area contributed by atoms with Crippen molar-refractivity contribution in [1.29, 1.82) is 0 Å². The van der Waals surface area contributed by atoms with Crippen LogP contribution in [0.15, 0.2) is 0 Å². The van der Waals surface area contributed by atoms with Crippen LogP contribution in [0.3, 0.4) is 0 Å². The lowest BCUT2D eigenvalue weighted by atomic mass is 9.79. The molecule has 1 fully saturated rings. The molecule has 0 aromatic carbocycles. The van der Waals surface area contributed by atoms with Crippen molar-refractivity contribution in [1.82, 2.24) is 10.6 Å². The number of hydrogen-bond donors (Lipinski definition) is 2. The molecule has 0 saturated carbocycles. The molecule has 0 spiro atoms. The minimum absolute atomic E-state index is 0.164. The first kappa shape index (κ1) is 10.5. The fourth-order valence-electron chi connectivity index (χ4n) is 1.77. The molecule has 3 heteroatoms. The molecule has 0 aliphatic carbocycles.